The number of carbonyl (C=O) groups is 4. The fourth-order valence-electron chi connectivity index (χ4n) is 0. The van der Waals surface area contributed by atoms with Gasteiger partial charge in [0, 0.05) is 0 Å². The third kappa shape index (κ3) is 44.9. The second kappa shape index (κ2) is 19.6. The summed E-state index contributed by atoms with van der Waals surface area (Å²) < 4.78 is 0. The molecule has 0 aromatic heterocycles. The summed E-state index contributed by atoms with van der Waals surface area (Å²) in [6.07, 6.45) is 0. The van der Waals surface area contributed by atoms with Crippen molar-refractivity contribution in [2.75, 3.05) is 0 Å². The number of rotatable bonds is 4. The summed E-state index contributed by atoms with van der Waals surface area (Å²) in [4.78, 5) is 38.0. The van der Waals surface area contributed by atoms with Crippen molar-refractivity contribution < 1.29 is 61.3 Å². The quantitative estimate of drug-likeness (QED) is 0.370. The van der Waals surface area contributed by atoms with Crippen LogP contribution < -0.4 is 20.4 Å². The van der Waals surface area contributed by atoms with Crippen LogP contribution in [0.4, 0.5) is 0 Å². The van der Waals surface area contributed by atoms with E-state index >= 15 is 0 Å². The van der Waals surface area contributed by atoms with Gasteiger partial charge in [0.05, 0.1) is 23.9 Å². The molecule has 0 saturated carbocycles. The minimum atomic E-state index is -1.19. The molecule has 0 aromatic carbocycles. The largest absolute Gasteiger partial charge is 4.00 e. The van der Waals surface area contributed by atoms with Gasteiger partial charge in [-0.25, -0.2) is 0 Å². The van der Waals surface area contributed by atoms with E-state index in [1.54, 1.807) is 0 Å². The van der Waals surface area contributed by atoms with E-state index < -0.39 is 23.9 Å². The molecular formula is C16H20O8Ti. The van der Waals surface area contributed by atoms with Gasteiger partial charge in [-0.1, -0.05) is 26.3 Å². The second-order valence-electron chi connectivity index (χ2n) is 4.27. The second-order valence-corrected chi connectivity index (χ2v) is 4.27. The van der Waals surface area contributed by atoms with Gasteiger partial charge in [0.25, 0.3) is 0 Å². The van der Waals surface area contributed by atoms with Crippen LogP contribution in [0.5, 0.6) is 0 Å². The predicted octanol–water partition coefficient (Wildman–Crippen LogP) is -2.75. The van der Waals surface area contributed by atoms with Crippen molar-refractivity contribution in [1.82, 2.24) is 0 Å². The maximum Gasteiger partial charge on any atom is 4.00 e. The molecule has 0 aliphatic heterocycles. The Hall–Kier alpha value is -2.45. The average molecular weight is 388 g/mol. The molecule has 0 spiro atoms. The normalized spacial score (nSPS) is 7.20. The van der Waals surface area contributed by atoms with Crippen LogP contribution in [0.1, 0.15) is 27.7 Å². The van der Waals surface area contributed by atoms with E-state index in [2.05, 4.69) is 26.3 Å². The van der Waals surface area contributed by atoms with Crippen LogP contribution in [0.15, 0.2) is 48.6 Å². The Bertz CT molecular complexity index is 388. The molecule has 0 aromatic rings. The SMILES string of the molecule is C=C(C)C(=O)[O-].C=C(C)C(=O)[O-].C=C(C)C(=O)[O-].C=C(C)C(=O)[O-].[Ti+4]. The van der Waals surface area contributed by atoms with Crippen molar-refractivity contribution in [3.63, 3.8) is 0 Å². The smallest absolute Gasteiger partial charge is 0.545 e. The average Bonchev–Trinajstić information content (AvgIpc) is 2.40. The summed E-state index contributed by atoms with van der Waals surface area (Å²) >= 11 is 0. The van der Waals surface area contributed by atoms with Gasteiger partial charge in [-0.15, -0.1) is 0 Å². The maximum absolute atomic E-state index is 9.49. The Balaban J connectivity index is -0.0000000702. The molecule has 0 saturated heterocycles. The summed E-state index contributed by atoms with van der Waals surface area (Å²) in [6, 6.07) is 0. The molecule has 0 radical (unpaired) electrons. The van der Waals surface area contributed by atoms with Crippen molar-refractivity contribution in [2.45, 2.75) is 27.7 Å². The van der Waals surface area contributed by atoms with E-state index in [0.717, 1.165) is 0 Å². The van der Waals surface area contributed by atoms with Gasteiger partial charge in [0.2, 0.25) is 0 Å². The molecule has 0 heterocycles. The molecule has 0 fully saturated rings. The molecule has 0 atom stereocenters. The summed E-state index contributed by atoms with van der Waals surface area (Å²) in [5.74, 6) is -4.74. The van der Waals surface area contributed by atoms with Crippen LogP contribution in [0.3, 0.4) is 0 Å². The molecule has 0 amide bonds. The number of carboxylic acids is 4. The van der Waals surface area contributed by atoms with Crippen molar-refractivity contribution in [3.05, 3.63) is 48.6 Å². The fourth-order valence-corrected chi connectivity index (χ4v) is 0. The minimum absolute atomic E-state index is 0. The molecule has 25 heavy (non-hydrogen) atoms. The zero-order chi connectivity index (χ0) is 20.6. The van der Waals surface area contributed by atoms with Gasteiger partial charge in [-0.2, -0.15) is 0 Å². The Labute approximate surface area is 161 Å². The van der Waals surface area contributed by atoms with E-state index in [0.29, 0.717) is 0 Å². The third-order valence-electron chi connectivity index (χ3n) is 1.39. The number of hydrogen-bond acceptors (Lipinski definition) is 8. The number of carboxylic acid groups (broad SMARTS) is 4. The molecule has 8 nitrogen and oxygen atoms in total. The van der Waals surface area contributed by atoms with E-state index in [1.807, 2.05) is 0 Å². The first kappa shape index (κ1) is 34.0. The summed E-state index contributed by atoms with van der Waals surface area (Å²) in [5.41, 5.74) is 0.259. The van der Waals surface area contributed by atoms with Gasteiger partial charge in [-0.05, 0) is 50.0 Å². The first-order valence-electron chi connectivity index (χ1n) is 6.05. The minimum Gasteiger partial charge on any atom is -0.545 e. The van der Waals surface area contributed by atoms with Crippen LogP contribution in [-0.4, -0.2) is 23.9 Å². The Morgan fingerprint density at radius 3 is 0.520 bits per heavy atom. The van der Waals surface area contributed by atoms with Gasteiger partial charge in [-0.3, -0.25) is 0 Å². The topological polar surface area (TPSA) is 161 Å². The van der Waals surface area contributed by atoms with Crippen LogP contribution in [0.25, 0.3) is 0 Å². The van der Waals surface area contributed by atoms with Crippen LogP contribution in [0, 0.1) is 0 Å². The molecular weight excluding hydrogens is 368 g/mol. The predicted molar refractivity (Wildman–Crippen MR) is 79.3 cm³/mol. The maximum atomic E-state index is 9.49. The monoisotopic (exact) mass is 388 g/mol. The van der Waals surface area contributed by atoms with Crippen molar-refractivity contribution in [2.24, 2.45) is 0 Å². The van der Waals surface area contributed by atoms with E-state index in [1.165, 1.54) is 27.7 Å². The van der Waals surface area contributed by atoms with Crippen molar-refractivity contribution in [1.29, 1.82) is 0 Å². The van der Waals surface area contributed by atoms with Gasteiger partial charge < -0.3 is 39.6 Å². The fraction of sp³-hybridized carbons (Fsp3) is 0.250. The zero-order valence-corrected chi connectivity index (χ0v) is 16.2. The molecule has 0 unspecified atom stereocenters. The molecule has 136 valence electrons. The first-order chi connectivity index (χ1) is 10.6. The van der Waals surface area contributed by atoms with Crippen LogP contribution in [0.2, 0.25) is 0 Å². The van der Waals surface area contributed by atoms with Crippen LogP contribution in [-0.2, 0) is 40.9 Å². The third-order valence-corrected chi connectivity index (χ3v) is 1.39. The van der Waals surface area contributed by atoms with Gasteiger partial charge >= 0.3 is 21.7 Å². The molecule has 0 rings (SSSR count). The Kier molecular flexibility index (Phi) is 26.7. The number of aliphatic carboxylic acids is 4. The Morgan fingerprint density at radius 2 is 0.520 bits per heavy atom. The Morgan fingerprint density at radius 1 is 0.480 bits per heavy atom. The van der Waals surface area contributed by atoms with E-state index in [9.17, 15) is 39.6 Å². The summed E-state index contributed by atoms with van der Waals surface area (Å²) in [6.45, 7) is 17.9. The molecule has 0 aliphatic rings. The standard InChI is InChI=1S/4C4H6O2.Ti/c4*1-3(2)4(5)6;/h4*1H2,2H3,(H,5,6);/q;;;;+4/p-4. The molecule has 0 aliphatic carbocycles. The number of carbonyl (C=O) groups excluding carboxylic acids is 4. The van der Waals surface area contributed by atoms with Crippen LogP contribution >= 0.6 is 0 Å². The molecule has 9 heteroatoms. The van der Waals surface area contributed by atoms with Crippen molar-refractivity contribution in [3.8, 4) is 0 Å². The summed E-state index contributed by atoms with van der Waals surface area (Å²) in [7, 11) is 0. The summed E-state index contributed by atoms with van der Waals surface area (Å²) in [5, 5.41) is 38.0. The van der Waals surface area contributed by atoms with Gasteiger partial charge in [0.15, 0.2) is 0 Å². The first-order valence-corrected chi connectivity index (χ1v) is 6.05. The van der Waals surface area contributed by atoms with E-state index in [4.69, 9.17) is 0 Å². The van der Waals surface area contributed by atoms with E-state index in [-0.39, 0.29) is 44.0 Å². The van der Waals surface area contributed by atoms with Gasteiger partial charge in [0.1, 0.15) is 0 Å². The molecule has 0 bridgehead atoms. The van der Waals surface area contributed by atoms with Crippen molar-refractivity contribution >= 4 is 23.9 Å². The number of hydrogen-bond donors (Lipinski definition) is 0. The zero-order valence-electron chi connectivity index (χ0n) is 14.6. The molecule has 0 N–H and O–H groups in total.